The van der Waals surface area contributed by atoms with Gasteiger partial charge in [0.2, 0.25) is 0 Å². The third-order valence-corrected chi connectivity index (χ3v) is 4.00. The second kappa shape index (κ2) is 5.29. The monoisotopic (exact) mass is 265 g/mol. The first-order valence-corrected chi connectivity index (χ1v) is 6.66. The Balaban J connectivity index is 2.47. The van der Waals surface area contributed by atoms with E-state index < -0.39 is 11.5 Å². The maximum absolute atomic E-state index is 14.2. The summed E-state index contributed by atoms with van der Waals surface area (Å²) in [6.45, 7) is 1.70. The number of esters is 1. The van der Waals surface area contributed by atoms with Crippen LogP contribution in [-0.4, -0.2) is 13.1 Å². The van der Waals surface area contributed by atoms with E-state index in [0.29, 0.717) is 16.7 Å². The summed E-state index contributed by atoms with van der Waals surface area (Å²) in [4.78, 5) is 11.7. The third kappa shape index (κ3) is 2.63. The summed E-state index contributed by atoms with van der Waals surface area (Å²) in [6, 6.07) is 2.95. The molecule has 1 aliphatic carbocycles. The van der Waals surface area contributed by atoms with E-state index in [2.05, 4.69) is 0 Å². The lowest BCUT2D eigenvalue weighted by Crippen LogP contribution is -2.39. The van der Waals surface area contributed by atoms with E-state index >= 15 is 0 Å². The van der Waals surface area contributed by atoms with Crippen molar-refractivity contribution in [2.75, 3.05) is 7.11 Å². The predicted octanol–water partition coefficient (Wildman–Crippen LogP) is 3.04. The minimum atomic E-state index is -0.654. The van der Waals surface area contributed by atoms with Gasteiger partial charge in [-0.3, -0.25) is 0 Å². The van der Waals surface area contributed by atoms with Gasteiger partial charge in [-0.2, -0.15) is 0 Å². The smallest absolute Gasteiger partial charge is 0.338 e. The number of methoxy groups -OCH3 is 1. The Morgan fingerprint density at radius 1 is 1.32 bits per heavy atom. The van der Waals surface area contributed by atoms with Gasteiger partial charge in [0.15, 0.2) is 0 Å². The Labute approximate surface area is 112 Å². The molecule has 0 amide bonds. The van der Waals surface area contributed by atoms with Crippen LogP contribution < -0.4 is 5.73 Å². The van der Waals surface area contributed by atoms with Crippen molar-refractivity contribution in [1.29, 1.82) is 0 Å². The fraction of sp³-hybridized carbons (Fsp3) is 0.533. The van der Waals surface area contributed by atoms with Gasteiger partial charge in [0.1, 0.15) is 5.82 Å². The molecular weight excluding hydrogens is 245 g/mol. The Morgan fingerprint density at radius 2 is 1.95 bits per heavy atom. The highest BCUT2D eigenvalue weighted by Crippen LogP contribution is 2.37. The number of hydrogen-bond donors (Lipinski definition) is 1. The van der Waals surface area contributed by atoms with Gasteiger partial charge in [-0.25, -0.2) is 9.18 Å². The zero-order chi connectivity index (χ0) is 14.0. The minimum absolute atomic E-state index is 0.324. The lowest BCUT2D eigenvalue weighted by molar-refractivity contribution is 0.0599. The highest BCUT2D eigenvalue weighted by atomic mass is 19.1. The maximum Gasteiger partial charge on any atom is 0.338 e. The second-order valence-corrected chi connectivity index (χ2v) is 5.36. The van der Waals surface area contributed by atoms with Crippen LogP contribution in [0.3, 0.4) is 0 Å². The number of carbonyl (C=O) groups excluding carboxylic acids is 1. The van der Waals surface area contributed by atoms with Gasteiger partial charge >= 0.3 is 5.97 Å². The summed E-state index contributed by atoms with van der Waals surface area (Å²) in [7, 11) is 1.32. The van der Waals surface area contributed by atoms with E-state index in [4.69, 9.17) is 10.5 Å². The van der Waals surface area contributed by atoms with Crippen LogP contribution in [0.2, 0.25) is 0 Å². The van der Waals surface area contributed by atoms with Gasteiger partial charge in [0.05, 0.1) is 12.7 Å². The van der Waals surface area contributed by atoms with Gasteiger partial charge < -0.3 is 10.5 Å². The van der Waals surface area contributed by atoms with E-state index in [0.717, 1.165) is 32.1 Å². The summed E-state index contributed by atoms with van der Waals surface area (Å²) >= 11 is 0. The van der Waals surface area contributed by atoms with Crippen LogP contribution in [0.1, 0.15) is 53.6 Å². The average molecular weight is 265 g/mol. The van der Waals surface area contributed by atoms with E-state index in [1.54, 1.807) is 13.0 Å². The van der Waals surface area contributed by atoms with Crippen molar-refractivity contribution < 1.29 is 13.9 Å². The van der Waals surface area contributed by atoms with Crippen molar-refractivity contribution in [2.45, 2.75) is 44.6 Å². The van der Waals surface area contributed by atoms with Crippen LogP contribution >= 0.6 is 0 Å². The van der Waals surface area contributed by atoms with Crippen molar-refractivity contribution in [3.63, 3.8) is 0 Å². The number of benzene rings is 1. The van der Waals surface area contributed by atoms with Crippen molar-refractivity contribution in [3.05, 3.63) is 34.6 Å². The summed E-state index contributed by atoms with van der Waals surface area (Å²) in [5.74, 6) is -0.771. The Morgan fingerprint density at radius 3 is 2.53 bits per heavy atom. The van der Waals surface area contributed by atoms with Crippen LogP contribution in [-0.2, 0) is 10.3 Å². The van der Waals surface area contributed by atoms with E-state index in [1.165, 1.54) is 13.2 Å². The number of aryl methyl sites for hydroxylation is 1. The molecule has 1 aromatic rings. The first kappa shape index (κ1) is 14.0. The van der Waals surface area contributed by atoms with Gasteiger partial charge in [-0.05, 0) is 37.5 Å². The number of carbonyl (C=O) groups is 1. The summed E-state index contributed by atoms with van der Waals surface area (Å²) in [5.41, 5.74) is 7.11. The Hall–Kier alpha value is -1.42. The van der Waals surface area contributed by atoms with Gasteiger partial charge in [0, 0.05) is 11.1 Å². The van der Waals surface area contributed by atoms with Crippen molar-refractivity contribution in [2.24, 2.45) is 5.73 Å². The van der Waals surface area contributed by atoms with Crippen LogP contribution in [0.4, 0.5) is 4.39 Å². The van der Waals surface area contributed by atoms with E-state index in [9.17, 15) is 9.18 Å². The molecule has 2 rings (SSSR count). The molecule has 0 heterocycles. The molecule has 2 N–H and O–H groups in total. The molecule has 1 saturated carbocycles. The number of hydrogen-bond acceptors (Lipinski definition) is 3. The molecule has 0 radical (unpaired) electrons. The van der Waals surface area contributed by atoms with Crippen LogP contribution in [0.25, 0.3) is 0 Å². The first-order chi connectivity index (χ1) is 8.98. The summed E-state index contributed by atoms with van der Waals surface area (Å²) in [6.07, 6.45) is 4.65. The molecule has 19 heavy (non-hydrogen) atoms. The minimum Gasteiger partial charge on any atom is -0.465 e. The lowest BCUT2D eigenvalue weighted by atomic mass is 9.76. The van der Waals surface area contributed by atoms with Gasteiger partial charge in [-0.15, -0.1) is 0 Å². The largest absolute Gasteiger partial charge is 0.465 e. The predicted molar refractivity (Wildman–Crippen MR) is 71.4 cm³/mol. The van der Waals surface area contributed by atoms with Gasteiger partial charge in [0.25, 0.3) is 0 Å². The molecule has 0 saturated heterocycles. The molecule has 1 aliphatic rings. The standard InChI is InChI=1S/C15H20FNO2/c1-10-8-13(16)12(9-11(10)14(18)19-2)15(17)6-4-3-5-7-15/h8-9H,3-7,17H2,1-2H3. The summed E-state index contributed by atoms with van der Waals surface area (Å²) in [5, 5.41) is 0. The SMILES string of the molecule is COC(=O)c1cc(C2(N)CCCCC2)c(F)cc1C. The quantitative estimate of drug-likeness (QED) is 0.836. The fourth-order valence-electron chi connectivity index (χ4n) is 2.84. The Kier molecular flexibility index (Phi) is 3.90. The molecule has 4 heteroatoms. The van der Waals surface area contributed by atoms with Crippen molar-refractivity contribution in [1.82, 2.24) is 0 Å². The highest BCUT2D eigenvalue weighted by molar-refractivity contribution is 5.91. The third-order valence-electron chi connectivity index (χ3n) is 4.00. The first-order valence-electron chi connectivity index (χ1n) is 6.66. The van der Waals surface area contributed by atoms with Crippen LogP contribution in [0, 0.1) is 12.7 Å². The molecular formula is C15H20FNO2. The average Bonchev–Trinajstić information content (AvgIpc) is 2.38. The number of ether oxygens (including phenoxy) is 1. The molecule has 104 valence electrons. The molecule has 0 aliphatic heterocycles. The van der Waals surface area contributed by atoms with Crippen molar-refractivity contribution >= 4 is 5.97 Å². The molecule has 0 aromatic heterocycles. The lowest BCUT2D eigenvalue weighted by Gasteiger charge is -2.34. The van der Waals surface area contributed by atoms with E-state index in [1.807, 2.05) is 0 Å². The van der Waals surface area contributed by atoms with Crippen LogP contribution in [0.5, 0.6) is 0 Å². The number of nitrogens with two attached hydrogens (primary N) is 1. The summed E-state index contributed by atoms with van der Waals surface area (Å²) < 4.78 is 18.9. The molecule has 0 atom stereocenters. The zero-order valence-corrected chi connectivity index (χ0v) is 11.5. The normalized spacial score (nSPS) is 18.1. The highest BCUT2D eigenvalue weighted by Gasteiger charge is 2.33. The van der Waals surface area contributed by atoms with Crippen molar-refractivity contribution in [3.8, 4) is 0 Å². The van der Waals surface area contributed by atoms with Crippen LogP contribution in [0.15, 0.2) is 12.1 Å². The zero-order valence-electron chi connectivity index (χ0n) is 11.5. The molecule has 3 nitrogen and oxygen atoms in total. The number of rotatable bonds is 2. The molecule has 1 aromatic carbocycles. The molecule has 0 spiro atoms. The maximum atomic E-state index is 14.2. The molecule has 1 fully saturated rings. The number of halogens is 1. The fourth-order valence-corrected chi connectivity index (χ4v) is 2.84. The van der Waals surface area contributed by atoms with Gasteiger partial charge in [-0.1, -0.05) is 19.3 Å². The Bertz CT molecular complexity index is 493. The molecule has 0 bridgehead atoms. The second-order valence-electron chi connectivity index (χ2n) is 5.36. The molecule has 0 unspecified atom stereocenters. The van der Waals surface area contributed by atoms with E-state index in [-0.39, 0.29) is 5.82 Å². The topological polar surface area (TPSA) is 52.3 Å².